The van der Waals surface area contributed by atoms with Crippen LogP contribution in [0.3, 0.4) is 0 Å². The number of aryl methyl sites for hydroxylation is 1. The molecule has 0 atom stereocenters. The Kier molecular flexibility index (Phi) is 4.45. The minimum Gasteiger partial charge on any atom is -0.277 e. The highest BCUT2D eigenvalue weighted by molar-refractivity contribution is 7.98. The minimum absolute atomic E-state index is 0.232. The first kappa shape index (κ1) is 15.1. The number of rotatable bonds is 4. The first-order valence-corrected chi connectivity index (χ1v) is 8.03. The highest BCUT2D eigenvalue weighted by Gasteiger charge is 2.09. The summed E-state index contributed by atoms with van der Waals surface area (Å²) in [5.41, 5.74) is 2.83. The van der Waals surface area contributed by atoms with Crippen molar-refractivity contribution >= 4 is 23.4 Å². The van der Waals surface area contributed by atoms with Crippen molar-refractivity contribution < 1.29 is 4.39 Å². The number of hydrogen-bond donors (Lipinski definition) is 0. The summed E-state index contributed by atoms with van der Waals surface area (Å²) in [5.74, 6) is 0.389. The smallest absolute Gasteiger partial charge is 0.195 e. The Balaban J connectivity index is 1.81. The van der Waals surface area contributed by atoms with Crippen molar-refractivity contribution in [3.8, 4) is 5.69 Å². The maximum Gasteiger partial charge on any atom is 0.195 e. The Bertz CT molecular complexity index is 804. The van der Waals surface area contributed by atoms with Gasteiger partial charge in [0.1, 0.15) is 12.1 Å². The molecule has 1 heterocycles. The van der Waals surface area contributed by atoms with Crippen LogP contribution in [0.25, 0.3) is 5.69 Å². The third-order valence-electron chi connectivity index (χ3n) is 3.21. The first-order valence-electron chi connectivity index (χ1n) is 6.67. The number of aromatic nitrogens is 3. The lowest BCUT2D eigenvalue weighted by molar-refractivity contribution is 0.626. The summed E-state index contributed by atoms with van der Waals surface area (Å²) in [4.78, 5) is 0. The Morgan fingerprint density at radius 1 is 1.23 bits per heavy atom. The summed E-state index contributed by atoms with van der Waals surface area (Å²) in [6, 6.07) is 12.4. The molecule has 0 aliphatic heterocycles. The monoisotopic (exact) mass is 333 g/mol. The number of thioether (sulfide) groups is 1. The predicted octanol–water partition coefficient (Wildman–Crippen LogP) is 4.66. The molecule has 0 aliphatic rings. The molecule has 0 spiro atoms. The summed E-state index contributed by atoms with van der Waals surface area (Å²) in [6.07, 6.45) is 1.65. The fourth-order valence-electron chi connectivity index (χ4n) is 2.01. The molecular formula is C16H13ClFN3S. The van der Waals surface area contributed by atoms with Gasteiger partial charge in [-0.05, 0) is 42.3 Å². The second kappa shape index (κ2) is 6.50. The van der Waals surface area contributed by atoms with Crippen LogP contribution in [-0.2, 0) is 5.75 Å². The topological polar surface area (TPSA) is 30.7 Å². The zero-order valence-electron chi connectivity index (χ0n) is 11.8. The zero-order valence-corrected chi connectivity index (χ0v) is 13.4. The molecule has 0 amide bonds. The lowest BCUT2D eigenvalue weighted by atomic mass is 10.2. The Morgan fingerprint density at radius 3 is 2.86 bits per heavy atom. The minimum atomic E-state index is -0.232. The second-order valence-electron chi connectivity index (χ2n) is 4.84. The lowest BCUT2D eigenvalue weighted by Crippen LogP contribution is -1.96. The standard InChI is InChI=1S/C16H13ClFN3S/c1-11-5-6-14(8-15(11)17)21-10-19-20-16(21)22-9-12-3-2-4-13(18)7-12/h2-8,10H,9H2,1H3. The van der Waals surface area contributed by atoms with E-state index in [4.69, 9.17) is 11.6 Å². The van der Waals surface area contributed by atoms with Crippen LogP contribution in [0.4, 0.5) is 4.39 Å². The van der Waals surface area contributed by atoms with Crippen molar-refractivity contribution in [3.05, 3.63) is 70.8 Å². The van der Waals surface area contributed by atoms with Crippen molar-refractivity contribution in [3.63, 3.8) is 0 Å². The van der Waals surface area contributed by atoms with E-state index in [0.29, 0.717) is 10.8 Å². The van der Waals surface area contributed by atoms with Crippen LogP contribution in [0, 0.1) is 12.7 Å². The maximum absolute atomic E-state index is 13.2. The molecule has 0 N–H and O–H groups in total. The fraction of sp³-hybridized carbons (Fsp3) is 0.125. The van der Waals surface area contributed by atoms with Gasteiger partial charge in [-0.3, -0.25) is 4.57 Å². The Labute approximate surface area is 137 Å². The predicted molar refractivity (Wildman–Crippen MR) is 87.1 cm³/mol. The number of benzene rings is 2. The van der Waals surface area contributed by atoms with E-state index in [1.54, 1.807) is 12.4 Å². The average molecular weight is 334 g/mol. The van der Waals surface area contributed by atoms with Crippen molar-refractivity contribution in [2.24, 2.45) is 0 Å². The molecule has 3 aromatic rings. The quantitative estimate of drug-likeness (QED) is 0.650. The van der Waals surface area contributed by atoms with Crippen LogP contribution in [0.2, 0.25) is 5.02 Å². The average Bonchev–Trinajstić information content (AvgIpc) is 2.96. The molecule has 22 heavy (non-hydrogen) atoms. The van der Waals surface area contributed by atoms with Gasteiger partial charge >= 0.3 is 0 Å². The lowest BCUT2D eigenvalue weighted by Gasteiger charge is -2.08. The van der Waals surface area contributed by atoms with Crippen molar-refractivity contribution in [2.75, 3.05) is 0 Å². The number of hydrogen-bond acceptors (Lipinski definition) is 3. The van der Waals surface area contributed by atoms with E-state index in [0.717, 1.165) is 22.0 Å². The Hall–Kier alpha value is -1.85. The summed E-state index contributed by atoms with van der Waals surface area (Å²) < 4.78 is 15.1. The first-order chi connectivity index (χ1) is 10.6. The van der Waals surface area contributed by atoms with Gasteiger partial charge in [-0.1, -0.05) is 41.6 Å². The van der Waals surface area contributed by atoms with Gasteiger partial charge in [-0.2, -0.15) is 0 Å². The molecule has 0 bridgehead atoms. The van der Waals surface area contributed by atoms with E-state index < -0.39 is 0 Å². The van der Waals surface area contributed by atoms with E-state index in [2.05, 4.69) is 10.2 Å². The van der Waals surface area contributed by atoms with Gasteiger partial charge in [-0.15, -0.1) is 10.2 Å². The largest absolute Gasteiger partial charge is 0.277 e. The highest BCUT2D eigenvalue weighted by Crippen LogP contribution is 2.26. The molecule has 3 rings (SSSR count). The van der Waals surface area contributed by atoms with Crippen LogP contribution in [0.5, 0.6) is 0 Å². The van der Waals surface area contributed by atoms with Gasteiger partial charge in [0.2, 0.25) is 0 Å². The SMILES string of the molecule is Cc1ccc(-n2cnnc2SCc2cccc(F)c2)cc1Cl. The van der Waals surface area contributed by atoms with Crippen LogP contribution >= 0.6 is 23.4 Å². The maximum atomic E-state index is 13.2. The van der Waals surface area contributed by atoms with E-state index in [1.807, 2.05) is 35.8 Å². The van der Waals surface area contributed by atoms with Crippen LogP contribution < -0.4 is 0 Å². The summed E-state index contributed by atoms with van der Waals surface area (Å²) in [5, 5.41) is 9.52. The molecule has 0 aliphatic carbocycles. The van der Waals surface area contributed by atoms with E-state index in [9.17, 15) is 4.39 Å². The van der Waals surface area contributed by atoms with Crippen LogP contribution in [0.15, 0.2) is 53.9 Å². The fourth-order valence-corrected chi connectivity index (χ4v) is 3.05. The molecule has 2 aromatic carbocycles. The van der Waals surface area contributed by atoms with Gasteiger partial charge < -0.3 is 0 Å². The molecular weight excluding hydrogens is 321 g/mol. The summed E-state index contributed by atoms with van der Waals surface area (Å²) in [7, 11) is 0. The van der Waals surface area contributed by atoms with Crippen molar-refractivity contribution in [1.29, 1.82) is 0 Å². The third-order valence-corrected chi connectivity index (χ3v) is 4.63. The zero-order chi connectivity index (χ0) is 15.5. The van der Waals surface area contributed by atoms with Crippen LogP contribution in [-0.4, -0.2) is 14.8 Å². The molecule has 0 saturated carbocycles. The van der Waals surface area contributed by atoms with Crippen molar-refractivity contribution in [1.82, 2.24) is 14.8 Å². The molecule has 6 heteroatoms. The third kappa shape index (κ3) is 3.31. The number of nitrogens with zero attached hydrogens (tertiary/aromatic N) is 3. The van der Waals surface area contributed by atoms with Crippen LogP contribution in [0.1, 0.15) is 11.1 Å². The van der Waals surface area contributed by atoms with E-state index >= 15 is 0 Å². The van der Waals surface area contributed by atoms with Gasteiger partial charge in [-0.25, -0.2) is 4.39 Å². The molecule has 0 saturated heterocycles. The van der Waals surface area contributed by atoms with Crippen molar-refractivity contribution in [2.45, 2.75) is 17.8 Å². The van der Waals surface area contributed by atoms with E-state index in [-0.39, 0.29) is 5.82 Å². The molecule has 1 aromatic heterocycles. The van der Waals surface area contributed by atoms with E-state index in [1.165, 1.54) is 23.9 Å². The summed E-state index contributed by atoms with van der Waals surface area (Å²) >= 11 is 7.67. The highest BCUT2D eigenvalue weighted by atomic mass is 35.5. The molecule has 0 fully saturated rings. The summed E-state index contributed by atoms with van der Waals surface area (Å²) in [6.45, 7) is 1.96. The van der Waals surface area contributed by atoms with Gasteiger partial charge in [0, 0.05) is 10.8 Å². The van der Waals surface area contributed by atoms with Gasteiger partial charge in [0.25, 0.3) is 0 Å². The van der Waals surface area contributed by atoms with Gasteiger partial charge in [0.15, 0.2) is 5.16 Å². The molecule has 0 unspecified atom stereocenters. The molecule has 3 nitrogen and oxygen atoms in total. The number of halogens is 2. The Morgan fingerprint density at radius 2 is 2.09 bits per heavy atom. The normalized spacial score (nSPS) is 10.9. The molecule has 112 valence electrons. The second-order valence-corrected chi connectivity index (χ2v) is 6.19. The molecule has 0 radical (unpaired) electrons. The van der Waals surface area contributed by atoms with Gasteiger partial charge in [0.05, 0.1) is 5.69 Å².